The smallest absolute Gasteiger partial charge is 0.125 e. The lowest BCUT2D eigenvalue weighted by molar-refractivity contribution is -0.116. The van der Waals surface area contributed by atoms with Crippen molar-refractivity contribution in [1.29, 1.82) is 0 Å². The van der Waals surface area contributed by atoms with Crippen LogP contribution in [0.3, 0.4) is 0 Å². The van der Waals surface area contributed by atoms with Gasteiger partial charge in [-0.25, -0.2) is 0 Å². The van der Waals surface area contributed by atoms with E-state index in [-0.39, 0.29) is 5.41 Å². The summed E-state index contributed by atoms with van der Waals surface area (Å²) >= 11 is 0. The molecule has 72 valence electrons. The highest BCUT2D eigenvalue weighted by Gasteiger charge is 2.24. The van der Waals surface area contributed by atoms with Crippen molar-refractivity contribution in [2.45, 2.75) is 53.4 Å². The van der Waals surface area contributed by atoms with E-state index in [9.17, 15) is 4.79 Å². The first-order valence-corrected chi connectivity index (χ1v) is 5.01. The molecular formula is C11H22O. The van der Waals surface area contributed by atoms with Gasteiger partial charge in [0, 0.05) is 5.41 Å². The molecular weight excluding hydrogens is 148 g/mol. The Bertz CT molecular complexity index is 127. The minimum atomic E-state index is -0.131. The molecule has 0 amide bonds. The summed E-state index contributed by atoms with van der Waals surface area (Å²) in [5.41, 5.74) is -0.131. The Hall–Kier alpha value is -0.330. The standard InChI is InChI=1S/C11H22O/c1-5-6-7-8-10(2)11(3,4)9-12/h9-10H,5-8H2,1-4H3. The van der Waals surface area contributed by atoms with Crippen molar-refractivity contribution in [2.24, 2.45) is 11.3 Å². The van der Waals surface area contributed by atoms with Gasteiger partial charge >= 0.3 is 0 Å². The molecule has 1 nitrogen and oxygen atoms in total. The Morgan fingerprint density at radius 1 is 1.33 bits per heavy atom. The Morgan fingerprint density at radius 2 is 1.92 bits per heavy atom. The summed E-state index contributed by atoms with van der Waals surface area (Å²) in [6, 6.07) is 0. The summed E-state index contributed by atoms with van der Waals surface area (Å²) in [6.45, 7) is 8.42. The number of aldehydes is 1. The third-order valence-corrected chi connectivity index (χ3v) is 2.81. The Morgan fingerprint density at radius 3 is 2.33 bits per heavy atom. The zero-order valence-electron chi connectivity index (χ0n) is 8.89. The van der Waals surface area contributed by atoms with Crippen LogP contribution in [0.25, 0.3) is 0 Å². The van der Waals surface area contributed by atoms with Crippen molar-refractivity contribution in [2.75, 3.05) is 0 Å². The molecule has 0 fully saturated rings. The molecule has 1 heteroatoms. The first-order chi connectivity index (χ1) is 5.54. The van der Waals surface area contributed by atoms with E-state index in [0.717, 1.165) is 6.29 Å². The van der Waals surface area contributed by atoms with Gasteiger partial charge < -0.3 is 4.79 Å². The first-order valence-electron chi connectivity index (χ1n) is 5.01. The topological polar surface area (TPSA) is 17.1 Å². The third kappa shape index (κ3) is 3.89. The van der Waals surface area contributed by atoms with Gasteiger partial charge in [-0.2, -0.15) is 0 Å². The van der Waals surface area contributed by atoms with Crippen LogP contribution in [-0.2, 0) is 4.79 Å². The van der Waals surface area contributed by atoms with Gasteiger partial charge in [0.05, 0.1) is 0 Å². The number of rotatable bonds is 6. The zero-order chi connectivity index (χ0) is 9.61. The van der Waals surface area contributed by atoms with E-state index < -0.39 is 0 Å². The van der Waals surface area contributed by atoms with Gasteiger partial charge in [0.2, 0.25) is 0 Å². The molecule has 12 heavy (non-hydrogen) atoms. The zero-order valence-corrected chi connectivity index (χ0v) is 8.89. The number of carbonyl (C=O) groups excluding carboxylic acids is 1. The number of hydrogen-bond acceptors (Lipinski definition) is 1. The van der Waals surface area contributed by atoms with Crippen molar-refractivity contribution in [1.82, 2.24) is 0 Å². The molecule has 0 aliphatic rings. The summed E-state index contributed by atoms with van der Waals surface area (Å²) in [4.78, 5) is 10.7. The van der Waals surface area contributed by atoms with E-state index in [1.807, 2.05) is 13.8 Å². The summed E-state index contributed by atoms with van der Waals surface area (Å²) < 4.78 is 0. The van der Waals surface area contributed by atoms with Crippen LogP contribution in [-0.4, -0.2) is 6.29 Å². The molecule has 0 aromatic heterocycles. The fourth-order valence-corrected chi connectivity index (χ4v) is 1.19. The highest BCUT2D eigenvalue weighted by atomic mass is 16.1. The van der Waals surface area contributed by atoms with Crippen molar-refractivity contribution in [3.8, 4) is 0 Å². The first kappa shape index (κ1) is 11.7. The van der Waals surface area contributed by atoms with Gasteiger partial charge in [0.25, 0.3) is 0 Å². The second kappa shape index (κ2) is 5.34. The van der Waals surface area contributed by atoms with Gasteiger partial charge in [0.1, 0.15) is 6.29 Å². The number of hydrogen-bond donors (Lipinski definition) is 0. The number of carbonyl (C=O) groups is 1. The van der Waals surface area contributed by atoms with Crippen LogP contribution < -0.4 is 0 Å². The molecule has 0 spiro atoms. The van der Waals surface area contributed by atoms with Crippen LogP contribution in [0.5, 0.6) is 0 Å². The third-order valence-electron chi connectivity index (χ3n) is 2.81. The van der Waals surface area contributed by atoms with Crippen LogP contribution >= 0.6 is 0 Å². The average Bonchev–Trinajstić information content (AvgIpc) is 2.05. The van der Waals surface area contributed by atoms with Crippen molar-refractivity contribution < 1.29 is 4.79 Å². The van der Waals surface area contributed by atoms with E-state index in [0.29, 0.717) is 5.92 Å². The average molecular weight is 170 g/mol. The number of unbranched alkanes of at least 4 members (excludes halogenated alkanes) is 2. The fourth-order valence-electron chi connectivity index (χ4n) is 1.19. The molecule has 1 unspecified atom stereocenters. The molecule has 0 aliphatic carbocycles. The minimum absolute atomic E-state index is 0.131. The summed E-state index contributed by atoms with van der Waals surface area (Å²) in [6.07, 6.45) is 6.08. The van der Waals surface area contributed by atoms with Gasteiger partial charge in [-0.15, -0.1) is 0 Å². The predicted octanol–water partition coefficient (Wildman–Crippen LogP) is 3.43. The lowest BCUT2D eigenvalue weighted by Gasteiger charge is -2.25. The molecule has 0 N–H and O–H groups in total. The van der Waals surface area contributed by atoms with Gasteiger partial charge in [-0.1, -0.05) is 47.0 Å². The molecule has 0 aliphatic heterocycles. The van der Waals surface area contributed by atoms with Crippen LogP contribution in [0.1, 0.15) is 53.4 Å². The molecule has 0 aromatic rings. The predicted molar refractivity (Wildman–Crippen MR) is 53.2 cm³/mol. The van der Waals surface area contributed by atoms with Gasteiger partial charge in [-0.05, 0) is 12.3 Å². The van der Waals surface area contributed by atoms with E-state index in [1.165, 1.54) is 25.7 Å². The molecule has 0 heterocycles. The van der Waals surface area contributed by atoms with Crippen molar-refractivity contribution >= 4 is 6.29 Å². The van der Waals surface area contributed by atoms with Gasteiger partial charge in [-0.3, -0.25) is 0 Å². The molecule has 0 radical (unpaired) electrons. The van der Waals surface area contributed by atoms with Crippen LogP contribution in [0.2, 0.25) is 0 Å². The van der Waals surface area contributed by atoms with E-state index in [2.05, 4.69) is 13.8 Å². The van der Waals surface area contributed by atoms with E-state index in [4.69, 9.17) is 0 Å². The second-order valence-corrected chi connectivity index (χ2v) is 4.34. The lowest BCUT2D eigenvalue weighted by Crippen LogP contribution is -2.22. The fraction of sp³-hybridized carbons (Fsp3) is 0.909. The summed E-state index contributed by atoms with van der Waals surface area (Å²) in [7, 11) is 0. The molecule has 0 saturated carbocycles. The van der Waals surface area contributed by atoms with Crippen LogP contribution in [0.4, 0.5) is 0 Å². The molecule has 0 aromatic carbocycles. The molecule has 1 atom stereocenters. The largest absolute Gasteiger partial charge is 0.303 e. The monoisotopic (exact) mass is 170 g/mol. The lowest BCUT2D eigenvalue weighted by atomic mass is 9.79. The van der Waals surface area contributed by atoms with E-state index in [1.54, 1.807) is 0 Å². The van der Waals surface area contributed by atoms with Gasteiger partial charge in [0.15, 0.2) is 0 Å². The molecule has 0 saturated heterocycles. The maximum atomic E-state index is 10.7. The Balaban J connectivity index is 3.70. The summed E-state index contributed by atoms with van der Waals surface area (Å²) in [5, 5.41) is 0. The Labute approximate surface area is 76.6 Å². The van der Waals surface area contributed by atoms with Crippen LogP contribution in [0.15, 0.2) is 0 Å². The Kier molecular flexibility index (Phi) is 5.19. The van der Waals surface area contributed by atoms with Crippen molar-refractivity contribution in [3.63, 3.8) is 0 Å². The quantitative estimate of drug-likeness (QED) is 0.441. The highest BCUT2D eigenvalue weighted by molar-refractivity contribution is 5.58. The maximum absolute atomic E-state index is 10.7. The molecule has 0 bridgehead atoms. The summed E-state index contributed by atoms with van der Waals surface area (Å²) in [5.74, 6) is 0.515. The maximum Gasteiger partial charge on any atom is 0.125 e. The normalized spacial score (nSPS) is 14.3. The SMILES string of the molecule is CCCCCC(C)C(C)(C)C=O. The van der Waals surface area contributed by atoms with Crippen LogP contribution in [0, 0.1) is 11.3 Å². The minimum Gasteiger partial charge on any atom is -0.303 e. The second-order valence-electron chi connectivity index (χ2n) is 4.34. The highest BCUT2D eigenvalue weighted by Crippen LogP contribution is 2.28. The van der Waals surface area contributed by atoms with E-state index >= 15 is 0 Å². The molecule has 0 rings (SSSR count). The van der Waals surface area contributed by atoms with Crippen molar-refractivity contribution in [3.05, 3.63) is 0 Å².